The second-order valence-corrected chi connectivity index (χ2v) is 7.59. The maximum absolute atomic E-state index is 12.4. The monoisotopic (exact) mass is 378 g/mol. The number of halogens is 3. The molecule has 136 valence electrons. The van der Waals surface area contributed by atoms with Gasteiger partial charge in [-0.2, -0.15) is 4.31 Å². The Morgan fingerprint density at radius 2 is 1.52 bits per heavy atom. The lowest BCUT2D eigenvalue weighted by Crippen LogP contribution is -2.62. The molecule has 0 unspecified atom stereocenters. The van der Waals surface area contributed by atoms with Gasteiger partial charge in [0.1, 0.15) is 5.75 Å². The lowest BCUT2D eigenvalue weighted by atomic mass is 10.1. The van der Waals surface area contributed by atoms with Gasteiger partial charge < -0.3 is 4.74 Å². The maximum atomic E-state index is 12.4. The third-order valence-corrected chi connectivity index (χ3v) is 5.82. The molecule has 2 aliphatic rings. The van der Waals surface area contributed by atoms with Gasteiger partial charge >= 0.3 is 6.36 Å². The number of sulfonamides is 1. The van der Waals surface area contributed by atoms with E-state index in [-0.39, 0.29) is 42.6 Å². The molecule has 2 fully saturated rings. The summed E-state index contributed by atoms with van der Waals surface area (Å²) in [6.07, 6.45) is -4.61. The van der Waals surface area contributed by atoms with Crippen LogP contribution < -0.4 is 4.74 Å². The molecule has 3 rings (SSSR count). The van der Waals surface area contributed by atoms with Crippen LogP contribution in [0.25, 0.3) is 0 Å². The van der Waals surface area contributed by atoms with Crippen LogP contribution in [-0.2, 0) is 19.6 Å². The normalized spacial score (nSPS) is 20.0. The van der Waals surface area contributed by atoms with Crippen LogP contribution in [0.3, 0.4) is 0 Å². The van der Waals surface area contributed by atoms with E-state index in [4.69, 9.17) is 0 Å². The molecule has 7 nitrogen and oxygen atoms in total. The Morgan fingerprint density at radius 3 is 2.00 bits per heavy atom. The van der Waals surface area contributed by atoms with E-state index in [1.165, 1.54) is 0 Å². The van der Waals surface area contributed by atoms with Crippen LogP contribution in [0, 0.1) is 0 Å². The molecule has 2 amide bonds. The van der Waals surface area contributed by atoms with Crippen molar-refractivity contribution in [3.05, 3.63) is 24.3 Å². The smallest absolute Gasteiger partial charge is 0.406 e. The second-order valence-electron chi connectivity index (χ2n) is 5.65. The Labute approximate surface area is 141 Å². The van der Waals surface area contributed by atoms with Crippen molar-refractivity contribution in [2.45, 2.75) is 30.1 Å². The standard InChI is InChI=1S/C14H13F3N2O5S/c15-14(16,17)24-10-1-3-11(4-2-10)25(22,23)18-7-9(8-18)19-12(20)5-6-13(19)21/h1-4,9H,5-8H2. The van der Waals surface area contributed by atoms with E-state index in [0.717, 1.165) is 33.5 Å². The number of amides is 2. The Kier molecular flexibility index (Phi) is 4.23. The molecule has 2 saturated heterocycles. The first kappa shape index (κ1) is 17.7. The first-order valence-corrected chi connectivity index (χ1v) is 8.73. The molecule has 1 aromatic rings. The summed E-state index contributed by atoms with van der Waals surface area (Å²) < 4.78 is 65.9. The molecule has 11 heteroatoms. The van der Waals surface area contributed by atoms with E-state index in [1.807, 2.05) is 0 Å². The van der Waals surface area contributed by atoms with Gasteiger partial charge in [-0.15, -0.1) is 13.2 Å². The second kappa shape index (κ2) is 5.99. The fraction of sp³-hybridized carbons (Fsp3) is 0.429. The molecule has 1 aromatic carbocycles. The summed E-state index contributed by atoms with van der Waals surface area (Å²) in [6.45, 7) is -0.0543. The van der Waals surface area contributed by atoms with Gasteiger partial charge in [0.25, 0.3) is 0 Å². The summed E-state index contributed by atoms with van der Waals surface area (Å²) in [6, 6.07) is 3.34. The van der Waals surface area contributed by atoms with Crippen molar-refractivity contribution in [2.75, 3.05) is 13.1 Å². The topological polar surface area (TPSA) is 84.0 Å². The van der Waals surface area contributed by atoms with Gasteiger partial charge in [-0.1, -0.05) is 0 Å². The first-order valence-electron chi connectivity index (χ1n) is 7.29. The highest BCUT2D eigenvalue weighted by molar-refractivity contribution is 7.89. The largest absolute Gasteiger partial charge is 0.573 e. The number of benzene rings is 1. The van der Waals surface area contributed by atoms with Gasteiger partial charge in [0.05, 0.1) is 10.9 Å². The van der Waals surface area contributed by atoms with Crippen LogP contribution in [0.2, 0.25) is 0 Å². The molecule has 2 heterocycles. The Balaban J connectivity index is 1.67. The number of ether oxygens (including phenoxy) is 1. The van der Waals surface area contributed by atoms with Gasteiger partial charge in [0.2, 0.25) is 21.8 Å². The molecular weight excluding hydrogens is 365 g/mol. The number of likely N-dealkylation sites (tertiary alicyclic amines) is 1. The number of rotatable bonds is 4. The predicted molar refractivity (Wildman–Crippen MR) is 76.8 cm³/mol. The number of hydrogen-bond donors (Lipinski definition) is 0. The summed E-state index contributed by atoms with van der Waals surface area (Å²) in [5, 5.41) is 0. The lowest BCUT2D eigenvalue weighted by Gasteiger charge is -2.41. The zero-order valence-electron chi connectivity index (χ0n) is 12.7. The number of carbonyl (C=O) groups excluding carboxylic acids is 2. The predicted octanol–water partition coefficient (Wildman–Crippen LogP) is 1.11. The minimum atomic E-state index is -4.86. The van der Waals surface area contributed by atoms with E-state index in [0.29, 0.717) is 0 Å². The summed E-state index contributed by atoms with van der Waals surface area (Å²) in [5.74, 6) is -1.16. The van der Waals surface area contributed by atoms with E-state index in [2.05, 4.69) is 4.74 Å². The van der Waals surface area contributed by atoms with E-state index in [9.17, 15) is 31.2 Å². The highest BCUT2D eigenvalue weighted by atomic mass is 32.2. The van der Waals surface area contributed by atoms with Gasteiger partial charge in [0.15, 0.2) is 0 Å². The Hall–Kier alpha value is -2.14. The molecule has 0 saturated carbocycles. The summed E-state index contributed by atoms with van der Waals surface area (Å²) in [7, 11) is -3.91. The van der Waals surface area contributed by atoms with Crippen LogP contribution in [0.4, 0.5) is 13.2 Å². The number of alkyl halides is 3. The van der Waals surface area contributed by atoms with E-state index < -0.39 is 28.2 Å². The zero-order chi connectivity index (χ0) is 18.4. The van der Waals surface area contributed by atoms with Crippen LogP contribution in [0.15, 0.2) is 29.2 Å². The summed E-state index contributed by atoms with van der Waals surface area (Å²) in [4.78, 5) is 24.2. The minimum Gasteiger partial charge on any atom is -0.406 e. The van der Waals surface area contributed by atoms with Crippen LogP contribution in [0.1, 0.15) is 12.8 Å². The molecule has 0 aliphatic carbocycles. The van der Waals surface area contributed by atoms with Crippen LogP contribution >= 0.6 is 0 Å². The van der Waals surface area contributed by atoms with Crippen LogP contribution in [-0.4, -0.2) is 54.9 Å². The van der Waals surface area contributed by atoms with Crippen molar-refractivity contribution in [1.82, 2.24) is 9.21 Å². The molecule has 0 radical (unpaired) electrons. The van der Waals surface area contributed by atoms with Crippen molar-refractivity contribution in [3.8, 4) is 5.75 Å². The quantitative estimate of drug-likeness (QED) is 0.733. The van der Waals surface area contributed by atoms with Crippen molar-refractivity contribution < 1.29 is 35.9 Å². The first-order chi connectivity index (χ1) is 11.6. The number of hydrogen-bond acceptors (Lipinski definition) is 5. The maximum Gasteiger partial charge on any atom is 0.573 e. The number of nitrogens with zero attached hydrogens (tertiary/aromatic N) is 2. The van der Waals surface area contributed by atoms with Gasteiger partial charge in [0, 0.05) is 25.9 Å². The van der Waals surface area contributed by atoms with Gasteiger partial charge in [-0.3, -0.25) is 14.5 Å². The molecule has 0 spiro atoms. The molecule has 2 aliphatic heterocycles. The SMILES string of the molecule is O=C1CCC(=O)N1C1CN(S(=O)(=O)c2ccc(OC(F)(F)F)cc2)C1. The highest BCUT2D eigenvalue weighted by Gasteiger charge is 2.45. The Morgan fingerprint density at radius 1 is 1.00 bits per heavy atom. The number of carbonyl (C=O) groups is 2. The molecule has 25 heavy (non-hydrogen) atoms. The van der Waals surface area contributed by atoms with Crippen molar-refractivity contribution in [2.24, 2.45) is 0 Å². The number of imide groups is 1. The van der Waals surface area contributed by atoms with E-state index in [1.54, 1.807) is 0 Å². The fourth-order valence-corrected chi connectivity index (χ4v) is 4.25. The minimum absolute atomic E-state index is 0.0272. The summed E-state index contributed by atoms with van der Waals surface area (Å²) >= 11 is 0. The molecule has 0 aromatic heterocycles. The van der Waals surface area contributed by atoms with Gasteiger partial charge in [-0.05, 0) is 24.3 Å². The summed E-state index contributed by atoms with van der Waals surface area (Å²) in [5.41, 5.74) is 0. The molecule has 0 N–H and O–H groups in total. The molecule has 0 atom stereocenters. The lowest BCUT2D eigenvalue weighted by molar-refractivity contribution is -0.274. The fourth-order valence-electron chi connectivity index (χ4n) is 2.74. The van der Waals surface area contributed by atoms with Crippen LogP contribution in [0.5, 0.6) is 5.75 Å². The van der Waals surface area contributed by atoms with Crippen molar-refractivity contribution in [1.29, 1.82) is 0 Å². The highest BCUT2D eigenvalue weighted by Crippen LogP contribution is 2.29. The molecular formula is C14H13F3N2O5S. The third-order valence-electron chi connectivity index (χ3n) is 3.98. The van der Waals surface area contributed by atoms with Gasteiger partial charge in [-0.25, -0.2) is 8.42 Å². The van der Waals surface area contributed by atoms with E-state index >= 15 is 0 Å². The third kappa shape index (κ3) is 3.47. The molecule has 0 bridgehead atoms. The average Bonchev–Trinajstić information content (AvgIpc) is 2.76. The van der Waals surface area contributed by atoms with Crippen molar-refractivity contribution >= 4 is 21.8 Å². The average molecular weight is 378 g/mol. The Bertz CT molecular complexity index is 785. The van der Waals surface area contributed by atoms with Crippen molar-refractivity contribution in [3.63, 3.8) is 0 Å². The zero-order valence-corrected chi connectivity index (χ0v) is 13.5.